The zero-order valence-corrected chi connectivity index (χ0v) is 36.6. The zero-order chi connectivity index (χ0) is 45.3. The van der Waals surface area contributed by atoms with Crippen LogP contribution in [0.1, 0.15) is 106 Å². The molecule has 2 unspecified atom stereocenters. The number of unbranched alkanes of at least 4 members (excludes halogenated alkanes) is 6. The van der Waals surface area contributed by atoms with Crippen LogP contribution >= 0.6 is 7.82 Å². The highest BCUT2D eigenvalue weighted by molar-refractivity contribution is 7.46. The number of ketones is 2. The highest BCUT2D eigenvalue weighted by Gasteiger charge is 2.26. The molecule has 338 valence electrons. The van der Waals surface area contributed by atoms with Crippen molar-refractivity contribution in [3.8, 4) is 5.75 Å². The van der Waals surface area contributed by atoms with E-state index in [9.17, 15) is 32.9 Å². The second kappa shape index (κ2) is 27.6. The third-order valence-corrected chi connectivity index (χ3v) is 10.0. The number of para-hydroxylation sites is 1. The summed E-state index contributed by atoms with van der Waals surface area (Å²) in [5.41, 5.74) is 2.73. The fraction of sp³-hybridized carbons (Fsp3) is 0.477. The molecule has 0 spiro atoms. The van der Waals surface area contributed by atoms with E-state index in [1.807, 2.05) is 43.3 Å². The molecule has 3 aromatic rings. The molecule has 0 aromatic heterocycles. The summed E-state index contributed by atoms with van der Waals surface area (Å²) >= 11 is 0. The number of hydrogen-bond donors (Lipinski definition) is 5. The lowest BCUT2D eigenvalue weighted by Gasteiger charge is -2.19. The lowest BCUT2D eigenvalue weighted by atomic mass is 10.0. The Morgan fingerprint density at radius 3 is 2.02 bits per heavy atom. The number of alkyl halides is 1. The minimum atomic E-state index is -4.94. The number of carbonyl (C=O) groups is 5. The maximum Gasteiger partial charge on any atom is 0.524 e. The number of phosphoric ester groups is 1. The molecule has 0 heterocycles. The number of anilines is 1. The molecule has 0 aliphatic rings. The first-order valence-corrected chi connectivity index (χ1v) is 22.4. The molecule has 18 heteroatoms. The quantitative estimate of drug-likeness (QED) is 0.0190. The van der Waals surface area contributed by atoms with Crippen molar-refractivity contribution >= 4 is 54.2 Å². The second-order valence-electron chi connectivity index (χ2n) is 14.9. The van der Waals surface area contributed by atoms with Gasteiger partial charge in [-0.2, -0.15) is 10.2 Å². The molecule has 3 rings (SSSR count). The van der Waals surface area contributed by atoms with Crippen molar-refractivity contribution in [1.82, 2.24) is 16.0 Å². The number of nitrogens with zero attached hydrogens (tertiary/aromatic N) is 3. The first kappa shape index (κ1) is 51.0. The molecule has 16 nitrogen and oxygen atoms in total. The molecule has 0 fully saturated rings. The van der Waals surface area contributed by atoms with Crippen LogP contribution in [0.4, 0.5) is 21.5 Å². The molecule has 0 radical (unpaired) electrons. The first-order valence-electron chi connectivity index (χ1n) is 20.9. The number of azo groups is 1. The first-order chi connectivity index (χ1) is 29.6. The van der Waals surface area contributed by atoms with Gasteiger partial charge in [-0.15, -0.1) is 0 Å². The summed E-state index contributed by atoms with van der Waals surface area (Å²) in [4.78, 5) is 82.5. The van der Waals surface area contributed by atoms with Crippen LogP contribution < -0.4 is 25.4 Å². The predicted molar refractivity (Wildman–Crippen MR) is 234 cm³/mol. The van der Waals surface area contributed by atoms with Gasteiger partial charge >= 0.3 is 7.82 Å². The Kier molecular flexibility index (Phi) is 22.7. The summed E-state index contributed by atoms with van der Waals surface area (Å²) in [6.45, 7) is 2.44. The predicted octanol–water partition coefficient (Wildman–Crippen LogP) is 7.54. The van der Waals surface area contributed by atoms with Crippen LogP contribution in [0.25, 0.3) is 0 Å². The van der Waals surface area contributed by atoms with E-state index in [4.69, 9.17) is 14.5 Å². The molecule has 0 aliphatic carbocycles. The molecule has 0 saturated carbocycles. The molecule has 3 aromatic carbocycles. The van der Waals surface area contributed by atoms with Gasteiger partial charge in [-0.3, -0.25) is 33.8 Å². The highest BCUT2D eigenvalue weighted by Crippen LogP contribution is 2.41. The average molecular weight is 883 g/mol. The Morgan fingerprint density at radius 2 is 1.35 bits per heavy atom. The zero-order valence-electron chi connectivity index (χ0n) is 35.7. The molecule has 0 bridgehead atoms. The number of phosphoric acid groups is 1. The van der Waals surface area contributed by atoms with Gasteiger partial charge in [0.2, 0.25) is 17.7 Å². The van der Waals surface area contributed by atoms with Crippen LogP contribution in [0.15, 0.2) is 83.0 Å². The molecular weight excluding hydrogens is 822 g/mol. The van der Waals surface area contributed by atoms with Gasteiger partial charge in [-0.1, -0.05) is 50.3 Å². The van der Waals surface area contributed by atoms with Gasteiger partial charge in [0.25, 0.3) is 0 Å². The minimum absolute atomic E-state index is 0.0102. The summed E-state index contributed by atoms with van der Waals surface area (Å²) < 4.78 is 36.1. The number of amides is 3. The van der Waals surface area contributed by atoms with Crippen LogP contribution in [0, 0.1) is 0 Å². The van der Waals surface area contributed by atoms with Gasteiger partial charge in [-0.25, -0.2) is 8.96 Å². The monoisotopic (exact) mass is 882 g/mol. The van der Waals surface area contributed by atoms with Crippen LogP contribution in [-0.2, 0) is 28.5 Å². The van der Waals surface area contributed by atoms with Gasteiger partial charge in [-0.05, 0) is 80.3 Å². The largest absolute Gasteiger partial charge is 0.524 e. The molecule has 0 aliphatic heterocycles. The topological polar surface area (TPSA) is 225 Å². The van der Waals surface area contributed by atoms with Crippen LogP contribution in [-0.4, -0.2) is 85.5 Å². The van der Waals surface area contributed by atoms with E-state index in [-0.39, 0.29) is 60.9 Å². The van der Waals surface area contributed by atoms with Crippen molar-refractivity contribution < 1.29 is 52.0 Å². The molecule has 5 N–H and O–H groups in total. The Labute approximate surface area is 362 Å². The van der Waals surface area contributed by atoms with Crippen molar-refractivity contribution in [2.24, 2.45) is 10.2 Å². The third kappa shape index (κ3) is 20.5. The van der Waals surface area contributed by atoms with E-state index in [0.29, 0.717) is 81.4 Å². The van der Waals surface area contributed by atoms with Crippen molar-refractivity contribution in [1.29, 1.82) is 0 Å². The van der Waals surface area contributed by atoms with Crippen LogP contribution in [0.3, 0.4) is 0 Å². The van der Waals surface area contributed by atoms with Crippen molar-refractivity contribution in [2.45, 2.75) is 96.2 Å². The van der Waals surface area contributed by atoms with Crippen LogP contribution in [0.2, 0.25) is 0 Å². The Bertz CT molecular complexity index is 1960. The summed E-state index contributed by atoms with van der Waals surface area (Å²) in [5, 5.41) is 16.8. The van der Waals surface area contributed by atoms with Crippen LogP contribution in [0.5, 0.6) is 5.75 Å². The number of hydrogen-bond acceptors (Lipinski definition) is 11. The van der Waals surface area contributed by atoms with Gasteiger partial charge in [0.1, 0.15) is 11.8 Å². The standard InChI is InChI=1S/C44H60FN6O10P/c1-32(52)46-29-31-60-30-27-42(55)48-38(15-8-7-10-16-39(53)33-19-21-34(22-20-33)49-50-35-23-25-36(26-24-35)51(2)3)44(56)47-28-13-6-4-5-9-17-40(54)43(45)37-14-11-12-18-41(37)61-62(57,58)59/h11-12,14,18-26,38,43H,4-10,13,15-17,27-31H2,1-3H3,(H,46,52)(H,47,56)(H,48,55)(H2,57,58,59). The maximum atomic E-state index is 14.9. The Balaban J connectivity index is 1.39. The van der Waals surface area contributed by atoms with E-state index in [2.05, 4.69) is 30.7 Å². The number of carbonyl (C=O) groups excluding carboxylic acids is 5. The SMILES string of the molecule is CC(=O)NCCOCCC(=O)NC(CCCCCC(=O)c1ccc(N=Nc2ccc(N(C)C)cc2)cc1)C(=O)NCCCCCCCC(=O)C(F)c1ccccc1OP(=O)(O)O. The second-order valence-corrected chi connectivity index (χ2v) is 16.1. The van der Waals surface area contributed by atoms with Gasteiger partial charge < -0.3 is 30.1 Å². The van der Waals surface area contributed by atoms with E-state index < -0.39 is 25.8 Å². The van der Waals surface area contributed by atoms with Crippen molar-refractivity contribution in [2.75, 3.05) is 45.3 Å². The molecule has 3 amide bonds. The normalized spacial score (nSPS) is 12.4. The summed E-state index contributed by atoms with van der Waals surface area (Å²) in [7, 11) is -1.01. The summed E-state index contributed by atoms with van der Waals surface area (Å²) in [5.74, 6) is -1.98. The van der Waals surface area contributed by atoms with E-state index in [1.165, 1.54) is 31.2 Å². The van der Waals surface area contributed by atoms with Gasteiger partial charge in [0, 0.05) is 70.2 Å². The van der Waals surface area contributed by atoms with E-state index in [1.54, 1.807) is 24.3 Å². The minimum Gasteiger partial charge on any atom is -0.404 e. The summed E-state index contributed by atoms with van der Waals surface area (Å²) in [6.07, 6.45) is 3.56. The fourth-order valence-corrected chi connectivity index (χ4v) is 6.62. The Morgan fingerprint density at radius 1 is 0.742 bits per heavy atom. The highest BCUT2D eigenvalue weighted by atomic mass is 31.2. The maximum absolute atomic E-state index is 14.9. The van der Waals surface area contributed by atoms with Crippen molar-refractivity contribution in [3.05, 3.63) is 83.9 Å². The lowest BCUT2D eigenvalue weighted by molar-refractivity contribution is -0.129. The smallest absolute Gasteiger partial charge is 0.404 e. The van der Waals surface area contributed by atoms with Crippen molar-refractivity contribution in [3.63, 3.8) is 0 Å². The van der Waals surface area contributed by atoms with Gasteiger partial charge in [0.15, 0.2) is 17.7 Å². The number of nitrogens with one attached hydrogen (secondary N) is 3. The molecule has 2 atom stereocenters. The molecular formula is C44H60FN6O10P. The number of ether oxygens (including phenoxy) is 1. The van der Waals surface area contributed by atoms with Gasteiger partial charge in [0.05, 0.1) is 24.6 Å². The Hall–Kier alpha value is -5.35. The lowest BCUT2D eigenvalue weighted by Crippen LogP contribution is -2.47. The number of benzene rings is 3. The fourth-order valence-electron chi connectivity index (χ4n) is 6.19. The third-order valence-electron chi connectivity index (χ3n) is 9.57. The number of halogens is 1. The summed E-state index contributed by atoms with van der Waals surface area (Å²) in [6, 6.07) is 19.1. The van der Waals surface area contributed by atoms with E-state index in [0.717, 1.165) is 18.5 Å². The number of rotatable bonds is 30. The molecule has 62 heavy (non-hydrogen) atoms. The molecule has 0 saturated heterocycles. The van der Waals surface area contributed by atoms with E-state index >= 15 is 0 Å². The number of Topliss-reactive ketones (excluding diaryl/α,β-unsaturated/α-hetero) is 2. The average Bonchev–Trinajstić information content (AvgIpc) is 3.23.